The standard InChI is InChI=1S/C33H52O9P2/c1-22(2)12-9-13-23(3)14-10-15-24(4)16-11-20-33(8)21-19-28-27(7)31(25(5)26(6)32(28)42-33)41-29(34)17-18-30(43(35,36)37)44(38,39)40/h12,14,16,30H,9-11,13,15,17-21H2,1-8H3,(H2,35,36,37)(H2,38,39,40)/b23-14+,24-16+. The first kappa shape index (κ1) is 38.2. The van der Waals surface area contributed by atoms with Crippen molar-refractivity contribution in [2.75, 3.05) is 0 Å². The molecular weight excluding hydrogens is 602 g/mol. The van der Waals surface area contributed by atoms with Gasteiger partial charge < -0.3 is 29.0 Å². The molecule has 44 heavy (non-hydrogen) atoms. The SMILES string of the molecule is CC(C)=CCC/C(C)=C/CC/C(C)=C/CCC1(C)CCc2c(C)c(OC(=O)CCC(P(=O)(O)O)P(=O)(O)O)c(C)c(C)c2O1. The van der Waals surface area contributed by atoms with Crippen LogP contribution >= 0.6 is 15.2 Å². The van der Waals surface area contributed by atoms with Gasteiger partial charge in [-0.05, 0) is 130 Å². The minimum atomic E-state index is -5.12. The summed E-state index contributed by atoms with van der Waals surface area (Å²) in [7, 11) is -10.2. The van der Waals surface area contributed by atoms with Gasteiger partial charge >= 0.3 is 21.2 Å². The monoisotopic (exact) mass is 654 g/mol. The lowest BCUT2D eigenvalue weighted by molar-refractivity contribution is -0.134. The molecule has 0 aromatic heterocycles. The van der Waals surface area contributed by atoms with Gasteiger partial charge in [-0.1, -0.05) is 34.9 Å². The normalized spacial score (nSPS) is 17.8. The minimum absolute atomic E-state index is 0.340. The summed E-state index contributed by atoms with van der Waals surface area (Å²) in [5, 5.41) is -2.25. The highest BCUT2D eigenvalue weighted by Gasteiger charge is 2.43. The molecule has 1 unspecified atom stereocenters. The van der Waals surface area contributed by atoms with Crippen molar-refractivity contribution in [3.63, 3.8) is 0 Å². The molecule has 1 heterocycles. The van der Waals surface area contributed by atoms with E-state index in [9.17, 15) is 33.5 Å². The molecule has 0 saturated heterocycles. The third kappa shape index (κ3) is 11.4. The van der Waals surface area contributed by atoms with E-state index in [1.165, 1.54) is 16.7 Å². The van der Waals surface area contributed by atoms with Crippen molar-refractivity contribution in [2.45, 2.75) is 131 Å². The van der Waals surface area contributed by atoms with Crippen LogP contribution in [0.15, 0.2) is 34.9 Å². The van der Waals surface area contributed by atoms with Gasteiger partial charge in [0.15, 0.2) is 5.40 Å². The summed E-state index contributed by atoms with van der Waals surface area (Å²) in [6.07, 6.45) is 13.3. The van der Waals surface area contributed by atoms with Gasteiger partial charge in [0.25, 0.3) is 0 Å². The van der Waals surface area contributed by atoms with Crippen molar-refractivity contribution in [1.29, 1.82) is 0 Å². The maximum atomic E-state index is 12.6. The van der Waals surface area contributed by atoms with E-state index in [-0.39, 0.29) is 5.60 Å². The van der Waals surface area contributed by atoms with Crippen LogP contribution in [0.1, 0.15) is 115 Å². The van der Waals surface area contributed by atoms with Crippen LogP contribution < -0.4 is 9.47 Å². The van der Waals surface area contributed by atoms with Crippen molar-refractivity contribution >= 4 is 21.2 Å². The molecule has 4 N–H and O–H groups in total. The molecule has 1 aromatic carbocycles. The van der Waals surface area contributed by atoms with Crippen molar-refractivity contribution in [2.24, 2.45) is 0 Å². The fourth-order valence-corrected chi connectivity index (χ4v) is 8.02. The van der Waals surface area contributed by atoms with Gasteiger partial charge in [-0.3, -0.25) is 13.9 Å². The van der Waals surface area contributed by atoms with Gasteiger partial charge in [0, 0.05) is 12.0 Å². The predicted octanol–water partition coefficient (Wildman–Crippen LogP) is 8.26. The Morgan fingerprint density at radius 3 is 1.95 bits per heavy atom. The second-order valence-corrected chi connectivity index (χ2v) is 16.7. The van der Waals surface area contributed by atoms with Crippen LogP contribution in [0, 0.1) is 20.8 Å². The number of benzene rings is 1. The molecule has 0 saturated carbocycles. The number of hydrogen-bond donors (Lipinski definition) is 4. The Kier molecular flexibility index (Phi) is 13.9. The van der Waals surface area contributed by atoms with Crippen molar-refractivity contribution in [3.05, 3.63) is 57.2 Å². The van der Waals surface area contributed by atoms with Crippen molar-refractivity contribution < 1.29 is 43.0 Å². The fraction of sp³-hybridized carbons (Fsp3) is 0.606. The molecule has 1 atom stereocenters. The summed E-state index contributed by atoms with van der Waals surface area (Å²) < 4.78 is 35.3. The number of carbonyl (C=O) groups excluding carboxylic acids is 1. The van der Waals surface area contributed by atoms with Gasteiger partial charge in [0.1, 0.15) is 17.1 Å². The quantitative estimate of drug-likeness (QED) is 0.0634. The lowest BCUT2D eigenvalue weighted by atomic mass is 9.85. The molecule has 248 valence electrons. The van der Waals surface area contributed by atoms with E-state index in [2.05, 4.69) is 52.8 Å². The molecule has 2 rings (SSSR count). The van der Waals surface area contributed by atoms with Crippen molar-refractivity contribution in [1.82, 2.24) is 0 Å². The van der Waals surface area contributed by atoms with Gasteiger partial charge in [-0.25, -0.2) is 0 Å². The van der Waals surface area contributed by atoms with Crippen LogP contribution in [-0.2, 0) is 20.3 Å². The molecule has 0 fully saturated rings. The lowest BCUT2D eigenvalue weighted by Gasteiger charge is -2.38. The molecule has 0 spiro atoms. The average molecular weight is 655 g/mol. The third-order valence-corrected chi connectivity index (χ3v) is 12.3. The predicted molar refractivity (Wildman–Crippen MR) is 175 cm³/mol. The fourth-order valence-electron chi connectivity index (χ4n) is 5.52. The first-order chi connectivity index (χ1) is 20.2. The number of fused-ring (bicyclic) bond motifs is 1. The molecule has 0 aliphatic carbocycles. The number of rotatable bonds is 15. The summed E-state index contributed by atoms with van der Waals surface area (Å²) in [4.78, 5) is 49.9. The topological polar surface area (TPSA) is 151 Å². The molecule has 0 amide bonds. The van der Waals surface area contributed by atoms with Crippen LogP contribution in [-0.4, -0.2) is 36.5 Å². The average Bonchev–Trinajstić information content (AvgIpc) is 2.88. The summed E-state index contributed by atoms with van der Waals surface area (Å²) in [6, 6.07) is 0. The van der Waals surface area contributed by atoms with Crippen LogP contribution in [0.4, 0.5) is 0 Å². The first-order valence-corrected chi connectivity index (χ1v) is 18.7. The smallest absolute Gasteiger partial charge is 0.340 e. The highest BCUT2D eigenvalue weighted by atomic mass is 31.2. The van der Waals surface area contributed by atoms with Crippen LogP contribution in [0.3, 0.4) is 0 Å². The van der Waals surface area contributed by atoms with Gasteiger partial charge in [-0.2, -0.15) is 0 Å². The highest BCUT2D eigenvalue weighted by Crippen LogP contribution is 2.61. The van der Waals surface area contributed by atoms with Crippen LogP contribution in [0.2, 0.25) is 0 Å². The zero-order valence-electron chi connectivity index (χ0n) is 27.6. The summed E-state index contributed by atoms with van der Waals surface area (Å²) >= 11 is 0. The van der Waals surface area contributed by atoms with Crippen molar-refractivity contribution in [3.8, 4) is 11.5 Å². The zero-order valence-corrected chi connectivity index (χ0v) is 29.4. The number of allylic oxidation sites excluding steroid dienone is 6. The number of ether oxygens (including phenoxy) is 2. The molecule has 0 bridgehead atoms. The van der Waals surface area contributed by atoms with E-state index >= 15 is 0 Å². The van der Waals surface area contributed by atoms with Gasteiger partial charge in [0.05, 0.1) is 0 Å². The maximum Gasteiger partial charge on any atom is 0.340 e. The highest BCUT2D eigenvalue weighted by molar-refractivity contribution is 7.70. The van der Waals surface area contributed by atoms with E-state index in [0.29, 0.717) is 11.3 Å². The summed E-state index contributed by atoms with van der Waals surface area (Å²) in [6.45, 7) is 16.4. The summed E-state index contributed by atoms with van der Waals surface area (Å²) in [5.74, 6) is 0.328. The van der Waals surface area contributed by atoms with E-state index in [0.717, 1.165) is 73.8 Å². The molecule has 9 nitrogen and oxygen atoms in total. The van der Waals surface area contributed by atoms with E-state index in [1.807, 2.05) is 20.8 Å². The second kappa shape index (κ2) is 16.0. The molecular formula is C33H52O9P2. The first-order valence-electron chi connectivity index (χ1n) is 15.3. The van der Waals surface area contributed by atoms with Crippen LogP contribution in [0.25, 0.3) is 0 Å². The van der Waals surface area contributed by atoms with E-state index in [1.54, 1.807) is 0 Å². The Labute approximate surface area is 263 Å². The third-order valence-electron chi connectivity index (χ3n) is 8.45. The molecule has 1 aliphatic rings. The zero-order chi connectivity index (χ0) is 33.5. The molecule has 0 radical (unpaired) electrons. The summed E-state index contributed by atoms with van der Waals surface area (Å²) in [5.41, 5.74) is 7.09. The minimum Gasteiger partial charge on any atom is -0.487 e. The largest absolute Gasteiger partial charge is 0.487 e. The number of carbonyl (C=O) groups is 1. The Morgan fingerprint density at radius 1 is 0.864 bits per heavy atom. The Balaban J connectivity index is 2.04. The Hall–Kier alpha value is -1.99. The maximum absolute atomic E-state index is 12.6. The lowest BCUT2D eigenvalue weighted by Crippen LogP contribution is -2.37. The number of hydrogen-bond acceptors (Lipinski definition) is 5. The van der Waals surface area contributed by atoms with E-state index < -0.39 is 39.4 Å². The van der Waals surface area contributed by atoms with E-state index in [4.69, 9.17) is 9.47 Å². The molecule has 1 aromatic rings. The van der Waals surface area contributed by atoms with Gasteiger partial charge in [-0.15, -0.1) is 0 Å². The second-order valence-electron chi connectivity index (χ2n) is 12.7. The van der Waals surface area contributed by atoms with Crippen LogP contribution in [0.5, 0.6) is 11.5 Å². The molecule has 1 aliphatic heterocycles. The Bertz CT molecular complexity index is 1350. The number of esters is 1. The molecule has 11 heteroatoms. The van der Waals surface area contributed by atoms with Gasteiger partial charge in [0.2, 0.25) is 0 Å². The Morgan fingerprint density at radius 2 is 1.41 bits per heavy atom.